The largest absolute Gasteiger partial charge is 0.497 e. The van der Waals surface area contributed by atoms with E-state index in [-0.39, 0.29) is 23.5 Å². The Bertz CT molecular complexity index is 851. The summed E-state index contributed by atoms with van der Waals surface area (Å²) in [6.07, 6.45) is 0.515. The molecule has 0 spiro atoms. The van der Waals surface area contributed by atoms with E-state index < -0.39 is 15.9 Å². The maximum Gasteiger partial charge on any atom is 0.246 e. The Kier molecular flexibility index (Phi) is 5.58. The highest BCUT2D eigenvalue weighted by Crippen LogP contribution is 2.21. The van der Waals surface area contributed by atoms with Crippen molar-refractivity contribution >= 4 is 21.4 Å². The quantitative estimate of drug-likeness (QED) is 0.809. The van der Waals surface area contributed by atoms with Gasteiger partial charge in [-0.1, -0.05) is 30.3 Å². The van der Waals surface area contributed by atoms with Crippen LogP contribution < -0.4 is 15.4 Å². The van der Waals surface area contributed by atoms with Gasteiger partial charge < -0.3 is 10.1 Å². The highest BCUT2D eigenvalue weighted by Gasteiger charge is 2.32. The molecule has 2 N–H and O–H groups in total. The summed E-state index contributed by atoms with van der Waals surface area (Å²) in [5.74, 6) is 0.695. The van der Waals surface area contributed by atoms with Gasteiger partial charge in [-0.3, -0.25) is 10.1 Å². The lowest BCUT2D eigenvalue weighted by atomic mass is 10.0. The molecule has 3 rings (SSSR count). The predicted octanol–water partition coefficient (Wildman–Crippen LogP) is 2.15. The summed E-state index contributed by atoms with van der Waals surface area (Å²) in [5, 5.41) is 6.09. The number of nitrogens with one attached hydrogen (secondary N) is 2. The number of methoxy groups -OCH3 is 1. The van der Waals surface area contributed by atoms with E-state index in [0.29, 0.717) is 17.9 Å². The second kappa shape index (κ2) is 7.88. The van der Waals surface area contributed by atoms with E-state index in [1.54, 1.807) is 31.4 Å². The second-order valence-corrected chi connectivity index (χ2v) is 8.56. The molecule has 6 nitrogen and oxygen atoms in total. The van der Waals surface area contributed by atoms with Gasteiger partial charge in [-0.15, -0.1) is 0 Å². The Morgan fingerprint density at radius 2 is 1.81 bits per heavy atom. The van der Waals surface area contributed by atoms with Crippen molar-refractivity contribution in [2.45, 2.75) is 18.5 Å². The summed E-state index contributed by atoms with van der Waals surface area (Å²) in [5.41, 5.74) is 1.44. The van der Waals surface area contributed by atoms with Crippen molar-refractivity contribution in [3.05, 3.63) is 60.2 Å². The third kappa shape index (κ3) is 4.62. The molecule has 2 aromatic carbocycles. The molecule has 0 aliphatic carbocycles. The van der Waals surface area contributed by atoms with Crippen LogP contribution >= 0.6 is 0 Å². The second-order valence-electron chi connectivity index (χ2n) is 6.33. The molecule has 0 bridgehead atoms. The fourth-order valence-corrected chi connectivity index (χ4v) is 4.71. The maximum absolute atomic E-state index is 12.9. The van der Waals surface area contributed by atoms with Gasteiger partial charge in [0, 0.05) is 11.7 Å². The van der Waals surface area contributed by atoms with Crippen LogP contribution in [0.3, 0.4) is 0 Å². The van der Waals surface area contributed by atoms with Gasteiger partial charge in [-0.25, -0.2) is 8.42 Å². The number of anilines is 1. The topological polar surface area (TPSA) is 84.5 Å². The van der Waals surface area contributed by atoms with E-state index >= 15 is 0 Å². The first-order chi connectivity index (χ1) is 12.5. The van der Waals surface area contributed by atoms with E-state index in [9.17, 15) is 13.2 Å². The van der Waals surface area contributed by atoms with E-state index in [4.69, 9.17) is 4.74 Å². The summed E-state index contributed by atoms with van der Waals surface area (Å²) < 4.78 is 28.6. The Morgan fingerprint density at radius 3 is 2.38 bits per heavy atom. The van der Waals surface area contributed by atoms with Crippen LogP contribution in [0.15, 0.2) is 54.6 Å². The first-order valence-corrected chi connectivity index (χ1v) is 10.3. The van der Waals surface area contributed by atoms with Crippen molar-refractivity contribution in [2.24, 2.45) is 0 Å². The number of rotatable bonds is 6. The lowest BCUT2D eigenvalue weighted by Gasteiger charge is -2.22. The summed E-state index contributed by atoms with van der Waals surface area (Å²) in [7, 11) is -1.44. The molecule has 0 radical (unpaired) electrons. The van der Waals surface area contributed by atoms with Gasteiger partial charge in [0.1, 0.15) is 11.8 Å². The van der Waals surface area contributed by atoms with Crippen molar-refractivity contribution in [3.63, 3.8) is 0 Å². The minimum Gasteiger partial charge on any atom is -0.497 e. The van der Waals surface area contributed by atoms with Crippen LogP contribution in [-0.4, -0.2) is 39.0 Å². The lowest BCUT2D eigenvalue weighted by molar-refractivity contribution is -0.118. The first kappa shape index (κ1) is 18.4. The minimum absolute atomic E-state index is 0.0617. The normalized spacial score (nSPS) is 19.7. The molecule has 1 aliphatic rings. The van der Waals surface area contributed by atoms with Crippen molar-refractivity contribution in [3.8, 4) is 5.75 Å². The standard InChI is InChI=1S/C19H22N2O4S/c1-25-17-9-7-15(8-10-17)21-19(22)18(14-5-3-2-4-6-14)20-16-11-12-26(23,24)13-16/h2-10,16,18,20H,11-13H2,1H3,(H,21,22)/t16-,18+/m0/s1. The Hall–Kier alpha value is -2.38. The average molecular weight is 374 g/mol. The molecule has 1 amide bonds. The molecule has 2 aromatic rings. The van der Waals surface area contributed by atoms with E-state index in [0.717, 1.165) is 5.56 Å². The van der Waals surface area contributed by atoms with E-state index in [2.05, 4.69) is 10.6 Å². The number of ether oxygens (including phenoxy) is 1. The molecule has 7 heteroatoms. The Labute approximate surface area is 153 Å². The van der Waals surface area contributed by atoms with Gasteiger partial charge in [0.25, 0.3) is 0 Å². The van der Waals surface area contributed by atoms with E-state index in [1.807, 2.05) is 30.3 Å². The summed E-state index contributed by atoms with van der Waals surface area (Å²) in [4.78, 5) is 12.9. The first-order valence-electron chi connectivity index (χ1n) is 8.43. The SMILES string of the molecule is COc1ccc(NC(=O)[C@H](N[C@H]2CCS(=O)(=O)C2)c2ccccc2)cc1. The molecule has 1 aliphatic heterocycles. The number of hydrogen-bond acceptors (Lipinski definition) is 5. The van der Waals surface area contributed by atoms with Crippen molar-refractivity contribution < 1.29 is 17.9 Å². The smallest absolute Gasteiger partial charge is 0.246 e. The van der Waals surface area contributed by atoms with E-state index in [1.165, 1.54) is 0 Å². The number of benzene rings is 2. The Balaban J connectivity index is 1.77. The highest BCUT2D eigenvalue weighted by atomic mass is 32.2. The maximum atomic E-state index is 12.9. The van der Waals surface area contributed by atoms with Crippen molar-refractivity contribution in [1.29, 1.82) is 0 Å². The predicted molar refractivity (Wildman–Crippen MR) is 101 cm³/mol. The van der Waals surface area contributed by atoms with Gasteiger partial charge in [0.2, 0.25) is 5.91 Å². The number of carbonyl (C=O) groups excluding carboxylic acids is 1. The van der Waals surface area contributed by atoms with Gasteiger partial charge in [-0.2, -0.15) is 0 Å². The molecular formula is C19H22N2O4S. The molecule has 0 saturated carbocycles. The van der Waals surface area contributed by atoms with Crippen LogP contribution in [0.2, 0.25) is 0 Å². The fraction of sp³-hybridized carbons (Fsp3) is 0.316. The molecule has 2 atom stereocenters. The van der Waals surface area contributed by atoms with Crippen LogP contribution in [0.25, 0.3) is 0 Å². The lowest BCUT2D eigenvalue weighted by Crippen LogP contribution is -2.40. The molecule has 138 valence electrons. The zero-order chi connectivity index (χ0) is 18.6. The van der Waals surface area contributed by atoms with Crippen LogP contribution in [0.5, 0.6) is 5.75 Å². The molecule has 1 fully saturated rings. The monoisotopic (exact) mass is 374 g/mol. The van der Waals surface area contributed by atoms with Gasteiger partial charge in [-0.05, 0) is 36.2 Å². The third-order valence-electron chi connectivity index (χ3n) is 4.39. The number of hydrogen-bond donors (Lipinski definition) is 2. The van der Waals surface area contributed by atoms with Gasteiger partial charge in [0.05, 0.1) is 18.6 Å². The molecule has 26 heavy (non-hydrogen) atoms. The van der Waals surface area contributed by atoms with Gasteiger partial charge >= 0.3 is 0 Å². The summed E-state index contributed by atoms with van der Waals surface area (Å²) in [6.45, 7) is 0. The van der Waals surface area contributed by atoms with Crippen molar-refractivity contribution in [2.75, 3.05) is 23.9 Å². The van der Waals surface area contributed by atoms with Crippen molar-refractivity contribution in [1.82, 2.24) is 5.32 Å². The molecule has 0 aromatic heterocycles. The van der Waals surface area contributed by atoms with Crippen LogP contribution in [0, 0.1) is 0 Å². The minimum atomic E-state index is -3.02. The Morgan fingerprint density at radius 1 is 1.12 bits per heavy atom. The highest BCUT2D eigenvalue weighted by molar-refractivity contribution is 7.91. The number of sulfone groups is 1. The molecular weight excluding hydrogens is 352 g/mol. The number of amides is 1. The van der Waals surface area contributed by atoms with Gasteiger partial charge in [0.15, 0.2) is 9.84 Å². The summed E-state index contributed by atoms with van der Waals surface area (Å²) in [6, 6.07) is 15.5. The van der Waals surface area contributed by atoms with Crippen LogP contribution in [0.4, 0.5) is 5.69 Å². The van der Waals surface area contributed by atoms with Crippen LogP contribution in [-0.2, 0) is 14.6 Å². The molecule has 1 saturated heterocycles. The van der Waals surface area contributed by atoms with Crippen LogP contribution in [0.1, 0.15) is 18.0 Å². The zero-order valence-corrected chi connectivity index (χ0v) is 15.3. The third-order valence-corrected chi connectivity index (χ3v) is 6.16. The fourth-order valence-electron chi connectivity index (χ4n) is 3.02. The molecule has 1 heterocycles. The summed E-state index contributed by atoms with van der Waals surface area (Å²) >= 11 is 0. The number of carbonyl (C=O) groups is 1. The zero-order valence-electron chi connectivity index (χ0n) is 14.5. The molecule has 0 unspecified atom stereocenters. The average Bonchev–Trinajstić information content (AvgIpc) is 2.99.